The highest BCUT2D eigenvalue weighted by Crippen LogP contribution is 2.10. The minimum absolute atomic E-state index is 0.146. The molecule has 0 aliphatic heterocycles. The van der Waals surface area contributed by atoms with Gasteiger partial charge in [0.15, 0.2) is 0 Å². The maximum Gasteiger partial charge on any atom is 0.0897 e. The van der Waals surface area contributed by atoms with Gasteiger partial charge in [0.25, 0.3) is 0 Å². The van der Waals surface area contributed by atoms with Crippen molar-refractivity contribution in [3.8, 4) is 0 Å². The first kappa shape index (κ1) is 15.3. The summed E-state index contributed by atoms with van der Waals surface area (Å²) >= 11 is 1.71. The van der Waals surface area contributed by atoms with Gasteiger partial charge in [0.05, 0.1) is 10.7 Å². The summed E-state index contributed by atoms with van der Waals surface area (Å²) in [6, 6.07) is 0. The molecule has 3 nitrogen and oxygen atoms in total. The second kappa shape index (κ2) is 6.45. The van der Waals surface area contributed by atoms with Gasteiger partial charge in [-0.2, -0.15) is 0 Å². The van der Waals surface area contributed by atoms with Crippen molar-refractivity contribution in [2.75, 3.05) is 20.1 Å². The Morgan fingerprint density at radius 2 is 2.17 bits per heavy atom. The van der Waals surface area contributed by atoms with Crippen molar-refractivity contribution in [3.05, 3.63) is 28.2 Å². The molecule has 1 aromatic heterocycles. The molecule has 0 unspecified atom stereocenters. The van der Waals surface area contributed by atoms with Crippen molar-refractivity contribution in [1.82, 2.24) is 15.2 Å². The van der Waals surface area contributed by atoms with Gasteiger partial charge in [-0.05, 0) is 40.3 Å². The maximum absolute atomic E-state index is 4.47. The molecular weight excluding hydrogens is 242 g/mol. The summed E-state index contributed by atoms with van der Waals surface area (Å²) in [7, 11) is 2.11. The Kier molecular flexibility index (Phi) is 5.50. The predicted molar refractivity (Wildman–Crippen MR) is 80.1 cm³/mol. The third-order valence-electron chi connectivity index (χ3n) is 2.46. The van der Waals surface area contributed by atoms with Crippen LogP contribution in [0.15, 0.2) is 17.5 Å². The highest BCUT2D eigenvalue weighted by Gasteiger charge is 2.10. The fourth-order valence-corrected chi connectivity index (χ4v) is 2.24. The number of hydrogen-bond acceptors (Lipinski definition) is 4. The van der Waals surface area contributed by atoms with Crippen LogP contribution in [-0.2, 0) is 6.54 Å². The first-order valence-electron chi connectivity index (χ1n) is 6.27. The molecule has 102 valence electrons. The lowest BCUT2D eigenvalue weighted by atomic mass is 10.1. The number of aromatic nitrogens is 1. The summed E-state index contributed by atoms with van der Waals surface area (Å²) in [6.45, 7) is 15.3. The summed E-state index contributed by atoms with van der Waals surface area (Å²) in [5, 5.41) is 6.71. The van der Waals surface area contributed by atoms with E-state index in [2.05, 4.69) is 55.0 Å². The van der Waals surface area contributed by atoms with Crippen LogP contribution in [0.2, 0.25) is 0 Å². The zero-order valence-electron chi connectivity index (χ0n) is 12.2. The Labute approximate surface area is 115 Å². The van der Waals surface area contributed by atoms with Crippen LogP contribution in [0.4, 0.5) is 0 Å². The second-order valence-corrected chi connectivity index (χ2v) is 6.95. The number of likely N-dealkylation sites (N-methyl/N-ethyl adjacent to an activating group) is 1. The van der Waals surface area contributed by atoms with Gasteiger partial charge in [0.1, 0.15) is 0 Å². The zero-order chi connectivity index (χ0) is 13.8. The Morgan fingerprint density at radius 1 is 1.50 bits per heavy atom. The minimum atomic E-state index is 0.146. The average molecular weight is 267 g/mol. The van der Waals surface area contributed by atoms with Crippen LogP contribution in [0, 0.1) is 6.92 Å². The fraction of sp³-hybridized carbons (Fsp3) is 0.643. The van der Waals surface area contributed by atoms with Crippen LogP contribution in [0.3, 0.4) is 0 Å². The molecule has 18 heavy (non-hydrogen) atoms. The van der Waals surface area contributed by atoms with E-state index in [1.807, 2.05) is 6.92 Å². The normalized spacial score (nSPS) is 12.1. The van der Waals surface area contributed by atoms with Crippen molar-refractivity contribution < 1.29 is 0 Å². The largest absolute Gasteiger partial charge is 0.308 e. The monoisotopic (exact) mass is 267 g/mol. The summed E-state index contributed by atoms with van der Waals surface area (Å²) in [5.74, 6) is 0. The van der Waals surface area contributed by atoms with Crippen molar-refractivity contribution in [1.29, 1.82) is 0 Å². The highest BCUT2D eigenvalue weighted by atomic mass is 32.1. The minimum Gasteiger partial charge on any atom is -0.308 e. The molecular formula is C14H25N3S. The lowest BCUT2D eigenvalue weighted by Crippen LogP contribution is -2.38. The third-order valence-corrected chi connectivity index (χ3v) is 3.28. The quantitative estimate of drug-likeness (QED) is 0.803. The number of hydrogen-bond donors (Lipinski definition) is 1. The molecule has 0 fully saturated rings. The summed E-state index contributed by atoms with van der Waals surface area (Å²) < 4.78 is 0. The SMILES string of the molecule is C=C(CNC(C)(C)C)CN(C)Cc1csc(C)n1. The molecule has 1 heterocycles. The van der Waals surface area contributed by atoms with Gasteiger partial charge in [-0.3, -0.25) is 4.90 Å². The van der Waals surface area contributed by atoms with E-state index in [4.69, 9.17) is 0 Å². The first-order valence-corrected chi connectivity index (χ1v) is 7.15. The zero-order valence-corrected chi connectivity index (χ0v) is 13.0. The lowest BCUT2D eigenvalue weighted by molar-refractivity contribution is 0.343. The molecule has 1 N–H and O–H groups in total. The predicted octanol–water partition coefficient (Wildman–Crippen LogP) is 2.83. The first-order chi connectivity index (χ1) is 8.26. The van der Waals surface area contributed by atoms with Gasteiger partial charge in [-0.25, -0.2) is 4.98 Å². The van der Waals surface area contributed by atoms with Crippen LogP contribution in [-0.4, -0.2) is 35.6 Å². The van der Waals surface area contributed by atoms with Crippen molar-refractivity contribution in [2.24, 2.45) is 0 Å². The molecule has 0 aliphatic carbocycles. The van der Waals surface area contributed by atoms with E-state index in [0.29, 0.717) is 0 Å². The van der Waals surface area contributed by atoms with E-state index in [1.54, 1.807) is 11.3 Å². The Hall–Kier alpha value is -0.710. The van der Waals surface area contributed by atoms with Crippen molar-refractivity contribution >= 4 is 11.3 Å². The van der Waals surface area contributed by atoms with E-state index in [1.165, 1.54) is 5.57 Å². The van der Waals surface area contributed by atoms with E-state index in [0.717, 1.165) is 30.3 Å². The number of nitrogens with one attached hydrogen (secondary N) is 1. The van der Waals surface area contributed by atoms with Gasteiger partial charge in [0.2, 0.25) is 0 Å². The number of thiazole rings is 1. The van der Waals surface area contributed by atoms with Gasteiger partial charge >= 0.3 is 0 Å². The van der Waals surface area contributed by atoms with Crippen LogP contribution in [0.25, 0.3) is 0 Å². The summed E-state index contributed by atoms with van der Waals surface area (Å²) in [5.41, 5.74) is 2.50. The van der Waals surface area contributed by atoms with E-state index in [9.17, 15) is 0 Å². The maximum atomic E-state index is 4.47. The van der Waals surface area contributed by atoms with Crippen LogP contribution in [0.5, 0.6) is 0 Å². The molecule has 1 rings (SSSR count). The number of nitrogens with zero attached hydrogens (tertiary/aromatic N) is 2. The fourth-order valence-electron chi connectivity index (χ4n) is 1.64. The summed E-state index contributed by atoms with van der Waals surface area (Å²) in [4.78, 5) is 6.73. The Balaban J connectivity index is 2.31. The topological polar surface area (TPSA) is 28.2 Å². The molecule has 0 bridgehead atoms. The van der Waals surface area contributed by atoms with E-state index < -0.39 is 0 Å². The van der Waals surface area contributed by atoms with Crippen LogP contribution >= 0.6 is 11.3 Å². The molecule has 0 spiro atoms. The van der Waals surface area contributed by atoms with Crippen LogP contribution in [0.1, 0.15) is 31.5 Å². The van der Waals surface area contributed by atoms with Gasteiger partial charge in [-0.15, -0.1) is 11.3 Å². The molecule has 0 radical (unpaired) electrons. The Morgan fingerprint density at radius 3 is 2.67 bits per heavy atom. The standard InChI is InChI=1S/C14H25N3S/c1-11(7-15-14(3,4)5)8-17(6)9-13-10-18-12(2)16-13/h10,15H,1,7-9H2,2-6H3. The Bertz CT molecular complexity index is 390. The molecule has 0 amide bonds. The van der Waals surface area contributed by atoms with Crippen molar-refractivity contribution in [2.45, 2.75) is 39.8 Å². The van der Waals surface area contributed by atoms with E-state index in [-0.39, 0.29) is 5.54 Å². The average Bonchev–Trinajstić information content (AvgIpc) is 2.59. The number of aryl methyl sites for hydroxylation is 1. The third kappa shape index (κ3) is 6.28. The molecule has 0 aromatic carbocycles. The molecule has 0 saturated heterocycles. The second-order valence-electron chi connectivity index (χ2n) is 5.88. The van der Waals surface area contributed by atoms with Gasteiger partial charge in [-0.1, -0.05) is 6.58 Å². The molecule has 0 atom stereocenters. The van der Waals surface area contributed by atoms with E-state index >= 15 is 0 Å². The smallest absolute Gasteiger partial charge is 0.0897 e. The van der Waals surface area contributed by atoms with Crippen molar-refractivity contribution in [3.63, 3.8) is 0 Å². The molecule has 0 aliphatic rings. The highest BCUT2D eigenvalue weighted by molar-refractivity contribution is 7.09. The molecule has 0 saturated carbocycles. The molecule has 1 aromatic rings. The van der Waals surface area contributed by atoms with Crippen LogP contribution < -0.4 is 5.32 Å². The number of rotatable bonds is 6. The summed E-state index contributed by atoms with van der Waals surface area (Å²) in [6.07, 6.45) is 0. The lowest BCUT2D eigenvalue weighted by Gasteiger charge is -2.23. The molecule has 4 heteroatoms. The van der Waals surface area contributed by atoms with Gasteiger partial charge in [0, 0.05) is 30.6 Å². The van der Waals surface area contributed by atoms with Gasteiger partial charge < -0.3 is 5.32 Å².